The normalized spacial score (nSPS) is 12.5. The van der Waals surface area contributed by atoms with E-state index in [-0.39, 0.29) is 5.12 Å². The van der Waals surface area contributed by atoms with Gasteiger partial charge in [-0.1, -0.05) is 37.4 Å². The fourth-order valence-electron chi connectivity index (χ4n) is 1.25. The Balaban J connectivity index is 3.44. The topological polar surface area (TPSA) is 34.1 Å². The summed E-state index contributed by atoms with van der Waals surface area (Å²) in [6.45, 7) is 5.69. The molecule has 0 spiro atoms. The van der Waals surface area contributed by atoms with Crippen LogP contribution in [-0.4, -0.2) is 21.7 Å². The van der Waals surface area contributed by atoms with Crippen LogP contribution in [0, 0.1) is 5.92 Å². The van der Waals surface area contributed by atoms with Crippen molar-refractivity contribution in [2.24, 2.45) is 5.92 Å². The summed E-state index contributed by atoms with van der Waals surface area (Å²) < 4.78 is 0. The second kappa shape index (κ2) is 9.28. The molecule has 0 aliphatic heterocycles. The van der Waals surface area contributed by atoms with Gasteiger partial charge < -0.3 is 0 Å². The molecule has 15 heavy (non-hydrogen) atoms. The number of rotatable bonds is 7. The van der Waals surface area contributed by atoms with Gasteiger partial charge in [0.1, 0.15) is 0 Å². The minimum Gasteiger partial charge on any atom is -0.288 e. The van der Waals surface area contributed by atoms with Gasteiger partial charge in [-0.05, 0) is 24.5 Å². The first-order valence-electron chi connectivity index (χ1n) is 5.35. The number of carbonyl (C=O) groups is 2. The monoisotopic (exact) mass is 248 g/mol. The van der Waals surface area contributed by atoms with Gasteiger partial charge >= 0.3 is 0 Å². The van der Waals surface area contributed by atoms with Crippen molar-refractivity contribution in [1.82, 2.24) is 0 Å². The van der Waals surface area contributed by atoms with E-state index in [0.29, 0.717) is 17.5 Å². The maximum atomic E-state index is 11.3. The molecule has 0 aromatic carbocycles. The van der Waals surface area contributed by atoms with Crippen molar-refractivity contribution >= 4 is 33.8 Å². The highest BCUT2D eigenvalue weighted by atomic mass is 32.2. The van der Waals surface area contributed by atoms with Gasteiger partial charge in [-0.15, -0.1) is 0 Å². The van der Waals surface area contributed by atoms with Crippen LogP contribution in [0.1, 0.15) is 40.0 Å². The minimum absolute atomic E-state index is 0.181. The van der Waals surface area contributed by atoms with Crippen LogP contribution in [0.3, 0.4) is 0 Å². The average molecular weight is 248 g/mol. The highest BCUT2D eigenvalue weighted by Crippen LogP contribution is 2.17. The first-order chi connectivity index (χ1) is 7.06. The first kappa shape index (κ1) is 15.0. The van der Waals surface area contributed by atoms with Crippen LogP contribution in [-0.2, 0) is 9.59 Å². The van der Waals surface area contributed by atoms with Gasteiger partial charge in [0.15, 0.2) is 10.2 Å². The summed E-state index contributed by atoms with van der Waals surface area (Å²) in [5.74, 6) is 2.20. The molecule has 2 nitrogen and oxygen atoms in total. The van der Waals surface area contributed by atoms with Crippen molar-refractivity contribution in [1.29, 1.82) is 0 Å². The Labute approximate surface area is 101 Å². The second-order valence-corrected chi connectivity index (χ2v) is 6.19. The third kappa shape index (κ3) is 10.3. The quantitative estimate of drug-likeness (QED) is 0.647. The van der Waals surface area contributed by atoms with Crippen molar-refractivity contribution in [3.05, 3.63) is 0 Å². The summed E-state index contributed by atoms with van der Waals surface area (Å²) in [6.07, 6.45) is 2.73. The molecule has 0 saturated heterocycles. The predicted molar refractivity (Wildman–Crippen MR) is 69.3 cm³/mol. The summed E-state index contributed by atoms with van der Waals surface area (Å²) in [6, 6.07) is 0. The maximum Gasteiger partial charge on any atom is 0.189 e. The van der Waals surface area contributed by atoms with Gasteiger partial charge in [0.25, 0.3) is 0 Å². The average Bonchev–Trinajstić information content (AvgIpc) is 2.12. The highest BCUT2D eigenvalue weighted by Gasteiger charge is 2.08. The van der Waals surface area contributed by atoms with Crippen molar-refractivity contribution in [3.8, 4) is 0 Å². The SMILES string of the molecule is CCSC(=O)C[C@H](C)CCCSC(C)=O. The van der Waals surface area contributed by atoms with E-state index in [1.807, 2.05) is 6.92 Å². The maximum absolute atomic E-state index is 11.3. The van der Waals surface area contributed by atoms with Gasteiger partial charge in [0.05, 0.1) is 0 Å². The Morgan fingerprint density at radius 3 is 2.47 bits per heavy atom. The molecule has 0 aliphatic rings. The lowest BCUT2D eigenvalue weighted by molar-refractivity contribution is -0.112. The lowest BCUT2D eigenvalue weighted by Crippen LogP contribution is -2.03. The summed E-state index contributed by atoms with van der Waals surface area (Å²) >= 11 is 2.78. The van der Waals surface area contributed by atoms with Crippen LogP contribution in [0.15, 0.2) is 0 Å². The Hall–Kier alpha value is 0.0400. The van der Waals surface area contributed by atoms with E-state index < -0.39 is 0 Å². The van der Waals surface area contributed by atoms with E-state index in [9.17, 15) is 9.59 Å². The van der Waals surface area contributed by atoms with E-state index in [1.165, 1.54) is 23.5 Å². The van der Waals surface area contributed by atoms with E-state index in [0.717, 1.165) is 24.3 Å². The fourth-order valence-corrected chi connectivity index (χ4v) is 2.58. The summed E-state index contributed by atoms with van der Waals surface area (Å²) in [5.41, 5.74) is 0. The Morgan fingerprint density at radius 1 is 1.27 bits per heavy atom. The van der Waals surface area contributed by atoms with Crippen LogP contribution >= 0.6 is 23.5 Å². The standard InChI is InChI=1S/C11H20O2S2/c1-4-14-11(13)8-9(2)6-5-7-15-10(3)12/h9H,4-8H2,1-3H3/t9-/m1/s1. The zero-order valence-electron chi connectivity index (χ0n) is 9.75. The second-order valence-electron chi connectivity index (χ2n) is 3.60. The molecule has 0 saturated carbocycles. The van der Waals surface area contributed by atoms with E-state index in [2.05, 4.69) is 6.92 Å². The van der Waals surface area contributed by atoms with Crippen LogP contribution in [0.5, 0.6) is 0 Å². The molecule has 0 rings (SSSR count). The van der Waals surface area contributed by atoms with Crippen LogP contribution < -0.4 is 0 Å². The van der Waals surface area contributed by atoms with Gasteiger partial charge in [0.2, 0.25) is 0 Å². The summed E-state index contributed by atoms with van der Waals surface area (Å²) in [5, 5.41) is 0.476. The van der Waals surface area contributed by atoms with E-state index >= 15 is 0 Å². The first-order valence-corrected chi connectivity index (χ1v) is 7.32. The van der Waals surface area contributed by atoms with Crippen molar-refractivity contribution < 1.29 is 9.59 Å². The molecule has 0 aromatic rings. The number of hydrogen-bond acceptors (Lipinski definition) is 4. The third-order valence-electron chi connectivity index (χ3n) is 1.97. The van der Waals surface area contributed by atoms with Crippen LogP contribution in [0.25, 0.3) is 0 Å². The van der Waals surface area contributed by atoms with Crippen LogP contribution in [0.4, 0.5) is 0 Å². The highest BCUT2D eigenvalue weighted by molar-refractivity contribution is 8.13. The van der Waals surface area contributed by atoms with Gasteiger partial charge in [0, 0.05) is 19.1 Å². The molecule has 0 unspecified atom stereocenters. The van der Waals surface area contributed by atoms with Crippen molar-refractivity contribution in [3.63, 3.8) is 0 Å². The Morgan fingerprint density at radius 2 is 1.93 bits per heavy atom. The zero-order chi connectivity index (χ0) is 11.7. The Bertz CT molecular complexity index is 205. The molecule has 0 N–H and O–H groups in total. The van der Waals surface area contributed by atoms with Crippen molar-refractivity contribution in [2.45, 2.75) is 40.0 Å². The molecule has 0 radical (unpaired) electrons. The van der Waals surface area contributed by atoms with Gasteiger partial charge in [-0.2, -0.15) is 0 Å². The largest absolute Gasteiger partial charge is 0.288 e. The molecule has 88 valence electrons. The molecule has 0 heterocycles. The van der Waals surface area contributed by atoms with Crippen molar-refractivity contribution in [2.75, 3.05) is 11.5 Å². The summed E-state index contributed by atoms with van der Waals surface area (Å²) in [7, 11) is 0. The smallest absolute Gasteiger partial charge is 0.189 e. The number of hydrogen-bond donors (Lipinski definition) is 0. The molecule has 0 bridgehead atoms. The molecular weight excluding hydrogens is 228 g/mol. The lowest BCUT2D eigenvalue weighted by Gasteiger charge is -2.08. The molecule has 4 heteroatoms. The molecular formula is C11H20O2S2. The summed E-state index contributed by atoms with van der Waals surface area (Å²) in [4.78, 5) is 22.0. The van der Waals surface area contributed by atoms with Crippen LogP contribution in [0.2, 0.25) is 0 Å². The van der Waals surface area contributed by atoms with E-state index in [4.69, 9.17) is 0 Å². The molecule has 0 aromatic heterocycles. The lowest BCUT2D eigenvalue weighted by atomic mass is 10.0. The molecule has 0 amide bonds. The number of carbonyl (C=O) groups excluding carboxylic acids is 2. The van der Waals surface area contributed by atoms with Gasteiger partial charge in [-0.25, -0.2) is 0 Å². The zero-order valence-corrected chi connectivity index (χ0v) is 11.4. The fraction of sp³-hybridized carbons (Fsp3) is 0.818. The number of thioether (sulfide) groups is 2. The Kier molecular flexibility index (Phi) is 9.30. The third-order valence-corrected chi connectivity index (χ3v) is 3.64. The molecule has 0 aliphatic carbocycles. The van der Waals surface area contributed by atoms with Gasteiger partial charge in [-0.3, -0.25) is 9.59 Å². The molecule has 0 fully saturated rings. The predicted octanol–water partition coefficient (Wildman–Crippen LogP) is 3.35. The molecule has 1 atom stereocenters. The van der Waals surface area contributed by atoms with E-state index in [1.54, 1.807) is 6.92 Å². The minimum atomic E-state index is 0.181.